The number of nitrogens with two attached hydrogens (primary N) is 1. The molecule has 2 N–H and O–H groups in total. The Morgan fingerprint density at radius 3 is 2.58 bits per heavy atom. The van der Waals surface area contributed by atoms with Gasteiger partial charge in [0, 0.05) is 11.3 Å². The zero-order valence-corrected chi connectivity index (χ0v) is 14.5. The van der Waals surface area contributed by atoms with Gasteiger partial charge >= 0.3 is 6.01 Å². The second-order valence-corrected chi connectivity index (χ2v) is 5.90. The largest absolute Gasteiger partial charge is 0.467 e. The van der Waals surface area contributed by atoms with E-state index in [-0.39, 0.29) is 0 Å². The number of rotatable bonds is 4. The summed E-state index contributed by atoms with van der Waals surface area (Å²) >= 11 is 0. The van der Waals surface area contributed by atoms with Crippen molar-refractivity contribution in [1.29, 1.82) is 0 Å². The van der Waals surface area contributed by atoms with Crippen molar-refractivity contribution < 1.29 is 4.74 Å². The number of ether oxygens (including phenoxy) is 1. The number of nitrogens with zero attached hydrogens (tertiary/aromatic N) is 3. The molecule has 0 aliphatic rings. The molecule has 0 aliphatic carbocycles. The van der Waals surface area contributed by atoms with Crippen molar-refractivity contribution in [2.75, 3.05) is 12.8 Å². The lowest BCUT2D eigenvalue weighted by Crippen LogP contribution is -2.03. The first-order valence-corrected chi connectivity index (χ1v) is 8.01. The van der Waals surface area contributed by atoms with E-state index < -0.39 is 0 Å². The summed E-state index contributed by atoms with van der Waals surface area (Å²) in [5, 5.41) is 8.57. The van der Waals surface area contributed by atoms with Crippen molar-refractivity contribution in [2.45, 2.75) is 27.2 Å². The number of aryl methyl sites for hydroxylation is 3. The molecule has 3 rings (SSSR count). The molecular formula is C19H22N4O. The average molecular weight is 322 g/mol. The molecule has 5 heteroatoms. The molecule has 0 saturated carbocycles. The Morgan fingerprint density at radius 1 is 1.12 bits per heavy atom. The number of methoxy groups -OCH3 is 1. The topological polar surface area (TPSA) is 66.0 Å². The van der Waals surface area contributed by atoms with E-state index in [0.29, 0.717) is 6.01 Å². The summed E-state index contributed by atoms with van der Waals surface area (Å²) in [6, 6.07) is 12.7. The minimum atomic E-state index is 0.463. The first kappa shape index (κ1) is 16.1. The molecule has 0 amide bonds. The van der Waals surface area contributed by atoms with Crippen LogP contribution in [0, 0.1) is 13.8 Å². The Kier molecular flexibility index (Phi) is 4.25. The number of hydrogen-bond donors (Lipinski definition) is 1. The quantitative estimate of drug-likeness (QED) is 0.744. The summed E-state index contributed by atoms with van der Waals surface area (Å²) in [6.07, 6.45) is 0.870. The molecule has 1 heterocycles. The van der Waals surface area contributed by atoms with Gasteiger partial charge in [-0.2, -0.15) is 0 Å². The minimum absolute atomic E-state index is 0.463. The van der Waals surface area contributed by atoms with Gasteiger partial charge < -0.3 is 10.5 Å². The van der Waals surface area contributed by atoms with E-state index in [0.717, 1.165) is 45.9 Å². The Labute approximate surface area is 142 Å². The van der Waals surface area contributed by atoms with Gasteiger partial charge in [-0.1, -0.05) is 24.2 Å². The van der Waals surface area contributed by atoms with Crippen LogP contribution in [0.3, 0.4) is 0 Å². The number of hydrogen-bond acceptors (Lipinski definition) is 4. The Balaban J connectivity index is 2.25. The Bertz CT molecular complexity index is 883. The highest BCUT2D eigenvalue weighted by Gasteiger charge is 2.18. The van der Waals surface area contributed by atoms with Crippen molar-refractivity contribution in [3.05, 3.63) is 53.1 Å². The van der Waals surface area contributed by atoms with Crippen LogP contribution in [0.5, 0.6) is 6.01 Å². The zero-order valence-electron chi connectivity index (χ0n) is 14.5. The lowest BCUT2D eigenvalue weighted by atomic mass is 10.0. The van der Waals surface area contributed by atoms with Crippen molar-refractivity contribution in [3.63, 3.8) is 0 Å². The van der Waals surface area contributed by atoms with E-state index in [9.17, 15) is 0 Å². The third kappa shape index (κ3) is 2.73. The molecule has 3 aromatic rings. The molecule has 0 spiro atoms. The zero-order chi connectivity index (χ0) is 17.3. The van der Waals surface area contributed by atoms with E-state index in [1.165, 1.54) is 0 Å². The second kappa shape index (κ2) is 6.35. The highest BCUT2D eigenvalue weighted by Crippen LogP contribution is 2.31. The van der Waals surface area contributed by atoms with Crippen molar-refractivity contribution in [1.82, 2.24) is 14.8 Å². The van der Waals surface area contributed by atoms with E-state index in [4.69, 9.17) is 10.5 Å². The smallest absolute Gasteiger partial charge is 0.321 e. The molecule has 0 aliphatic heterocycles. The van der Waals surface area contributed by atoms with Crippen molar-refractivity contribution >= 4 is 5.69 Å². The molecule has 124 valence electrons. The van der Waals surface area contributed by atoms with Gasteiger partial charge in [-0.15, -0.1) is 5.10 Å². The highest BCUT2D eigenvalue weighted by molar-refractivity contribution is 5.69. The van der Waals surface area contributed by atoms with E-state index in [1.807, 2.05) is 29.7 Å². The van der Waals surface area contributed by atoms with Crippen LogP contribution in [0.15, 0.2) is 36.4 Å². The van der Waals surface area contributed by atoms with Crippen LogP contribution in [0.1, 0.15) is 23.6 Å². The molecule has 0 atom stereocenters. The standard InChI is InChI=1S/C19H22N4O/c1-5-14-11-16(13(3)10-17(14)20)18-21-22-19(24-4)23(18)15-8-6-7-12(2)9-15/h6-11H,5,20H2,1-4H3. The second-order valence-electron chi connectivity index (χ2n) is 5.90. The Morgan fingerprint density at radius 2 is 1.92 bits per heavy atom. The van der Waals surface area contributed by atoms with Gasteiger partial charge in [0.25, 0.3) is 0 Å². The summed E-state index contributed by atoms with van der Waals surface area (Å²) < 4.78 is 7.36. The van der Waals surface area contributed by atoms with E-state index >= 15 is 0 Å². The van der Waals surface area contributed by atoms with Gasteiger partial charge in [0.2, 0.25) is 0 Å². The molecule has 24 heavy (non-hydrogen) atoms. The lowest BCUT2D eigenvalue weighted by molar-refractivity contribution is 0.372. The lowest BCUT2D eigenvalue weighted by Gasteiger charge is -2.13. The number of aromatic nitrogens is 3. The average Bonchev–Trinajstić information content (AvgIpc) is 2.99. The van der Waals surface area contributed by atoms with Crippen LogP contribution in [0.4, 0.5) is 5.69 Å². The summed E-state index contributed by atoms with van der Waals surface area (Å²) in [5.74, 6) is 0.754. The van der Waals surface area contributed by atoms with Crippen LogP contribution in [-0.2, 0) is 6.42 Å². The van der Waals surface area contributed by atoms with Crippen LogP contribution >= 0.6 is 0 Å². The van der Waals surface area contributed by atoms with Crippen LogP contribution in [-0.4, -0.2) is 21.9 Å². The fourth-order valence-electron chi connectivity index (χ4n) is 2.90. The number of benzene rings is 2. The summed E-state index contributed by atoms with van der Waals surface area (Å²) in [4.78, 5) is 0. The number of nitrogen functional groups attached to an aromatic ring is 1. The normalized spacial score (nSPS) is 10.8. The van der Waals surface area contributed by atoms with Gasteiger partial charge in [-0.3, -0.25) is 0 Å². The minimum Gasteiger partial charge on any atom is -0.467 e. The molecule has 0 saturated heterocycles. The van der Waals surface area contributed by atoms with E-state index in [2.05, 4.69) is 42.2 Å². The molecular weight excluding hydrogens is 300 g/mol. The predicted octanol–water partition coefficient (Wildman–Crippen LogP) is 3.70. The van der Waals surface area contributed by atoms with Crippen LogP contribution < -0.4 is 10.5 Å². The summed E-state index contributed by atoms with van der Waals surface area (Å²) in [7, 11) is 1.60. The van der Waals surface area contributed by atoms with Gasteiger partial charge in [0.1, 0.15) is 0 Å². The third-order valence-electron chi connectivity index (χ3n) is 4.18. The molecule has 0 unspecified atom stereocenters. The SMILES string of the molecule is CCc1cc(-c2nnc(OC)n2-c2cccc(C)c2)c(C)cc1N. The third-order valence-corrected chi connectivity index (χ3v) is 4.18. The molecule has 5 nitrogen and oxygen atoms in total. The van der Waals surface area contributed by atoms with Crippen LogP contribution in [0.25, 0.3) is 17.1 Å². The fraction of sp³-hybridized carbons (Fsp3) is 0.263. The molecule has 0 bridgehead atoms. The number of anilines is 1. The van der Waals surface area contributed by atoms with Crippen molar-refractivity contribution in [2.24, 2.45) is 0 Å². The predicted molar refractivity (Wildman–Crippen MR) is 96.6 cm³/mol. The van der Waals surface area contributed by atoms with Gasteiger partial charge in [-0.25, -0.2) is 4.57 Å². The van der Waals surface area contributed by atoms with Gasteiger partial charge in [-0.05, 0) is 61.2 Å². The first-order chi connectivity index (χ1) is 11.5. The fourth-order valence-corrected chi connectivity index (χ4v) is 2.90. The molecule has 0 radical (unpaired) electrons. The van der Waals surface area contributed by atoms with Crippen molar-refractivity contribution in [3.8, 4) is 23.1 Å². The van der Waals surface area contributed by atoms with Gasteiger partial charge in [0.15, 0.2) is 5.82 Å². The molecule has 1 aromatic heterocycles. The summed E-state index contributed by atoms with van der Waals surface area (Å²) in [5.41, 5.74) is 12.2. The maximum absolute atomic E-state index is 6.11. The molecule has 0 fully saturated rings. The molecule has 2 aromatic carbocycles. The van der Waals surface area contributed by atoms with Gasteiger partial charge in [0.05, 0.1) is 12.8 Å². The van der Waals surface area contributed by atoms with Crippen LogP contribution in [0.2, 0.25) is 0 Å². The Hall–Kier alpha value is -2.82. The maximum atomic E-state index is 6.11. The summed E-state index contributed by atoms with van der Waals surface area (Å²) in [6.45, 7) is 6.19. The maximum Gasteiger partial charge on any atom is 0.321 e. The first-order valence-electron chi connectivity index (χ1n) is 8.01. The van der Waals surface area contributed by atoms with E-state index in [1.54, 1.807) is 7.11 Å². The monoisotopic (exact) mass is 322 g/mol. The highest BCUT2D eigenvalue weighted by atomic mass is 16.5.